The highest BCUT2D eigenvalue weighted by Gasteiger charge is 2.43. The van der Waals surface area contributed by atoms with Crippen LogP contribution in [0.2, 0.25) is 0 Å². The minimum Gasteiger partial charge on any atom is -0.385 e. The molecular weight excluding hydrogens is 401 g/mol. The van der Waals surface area contributed by atoms with Crippen LogP contribution in [0.4, 0.5) is 13.2 Å². The van der Waals surface area contributed by atoms with Gasteiger partial charge in [-0.1, -0.05) is 13.8 Å². The van der Waals surface area contributed by atoms with Gasteiger partial charge in [0.15, 0.2) is 5.96 Å². The van der Waals surface area contributed by atoms with Crippen LogP contribution >= 0.6 is 0 Å². The first-order valence-electron chi connectivity index (χ1n) is 8.18. The molecule has 11 nitrogen and oxygen atoms in total. The van der Waals surface area contributed by atoms with E-state index < -0.39 is 60.7 Å². The van der Waals surface area contributed by atoms with E-state index in [1.165, 1.54) is 32.8 Å². The summed E-state index contributed by atoms with van der Waals surface area (Å²) in [6, 6.07) is -1.53. The summed E-state index contributed by atoms with van der Waals surface area (Å²) in [4.78, 5) is 47.4. The van der Waals surface area contributed by atoms with Gasteiger partial charge in [0, 0.05) is 26.9 Å². The first-order chi connectivity index (χ1) is 13.1. The van der Waals surface area contributed by atoms with E-state index in [4.69, 9.17) is 10.8 Å². The van der Waals surface area contributed by atoms with Crippen molar-refractivity contribution in [2.75, 3.05) is 14.1 Å². The number of halogens is 3. The van der Waals surface area contributed by atoms with Gasteiger partial charge in [-0.15, -0.1) is 0 Å². The Balaban J connectivity index is 4.62. The standard InChI is InChI=1S/C15H23F3N6O5/c1-7(2)10(11(27)29-12(28)15(16,17)18)21-8(25)5-6-9(26)22-13(19)23-14(20)24(3)4/h7,10H,5-6H2,1-4H3,(H,21,25)(H4,19,20,22,23,26)/t10-/m0/s1. The number of carbonyl (C=O) groups excluding carboxylic acids is 4. The molecule has 0 heterocycles. The number of guanidine groups is 2. The van der Waals surface area contributed by atoms with Gasteiger partial charge in [-0.25, -0.2) is 9.59 Å². The predicted octanol–water partition coefficient (Wildman–Crippen LogP) is -0.324. The highest BCUT2D eigenvalue weighted by Crippen LogP contribution is 2.17. The molecule has 1 atom stereocenters. The van der Waals surface area contributed by atoms with Crippen molar-refractivity contribution < 1.29 is 37.1 Å². The lowest BCUT2D eigenvalue weighted by Gasteiger charge is -2.20. The van der Waals surface area contributed by atoms with Gasteiger partial charge < -0.3 is 15.0 Å². The number of nitrogens with zero attached hydrogens (tertiary/aromatic N) is 1. The normalized spacial score (nSPS) is 11.9. The molecule has 14 heteroatoms. The van der Waals surface area contributed by atoms with Crippen molar-refractivity contribution in [3.8, 4) is 0 Å². The predicted molar refractivity (Wildman–Crippen MR) is 93.6 cm³/mol. The van der Waals surface area contributed by atoms with Gasteiger partial charge in [-0.3, -0.25) is 31.0 Å². The summed E-state index contributed by atoms with van der Waals surface area (Å²) >= 11 is 0. The summed E-state index contributed by atoms with van der Waals surface area (Å²) in [5.74, 6) is -7.24. The molecule has 0 aromatic carbocycles. The molecule has 0 aliphatic rings. The van der Waals surface area contributed by atoms with Crippen LogP contribution in [-0.4, -0.2) is 66.9 Å². The zero-order chi connectivity index (χ0) is 22.9. The number of rotatable bonds is 6. The number of alkyl halides is 3. The Bertz CT molecular complexity index is 678. The molecule has 2 amide bonds. The largest absolute Gasteiger partial charge is 0.491 e. The number of hydrogen-bond acceptors (Lipinski definition) is 7. The van der Waals surface area contributed by atoms with Gasteiger partial charge in [-0.05, 0) is 5.92 Å². The van der Waals surface area contributed by atoms with E-state index in [1.807, 2.05) is 0 Å². The third-order valence-corrected chi connectivity index (χ3v) is 3.20. The van der Waals surface area contributed by atoms with Crippen LogP contribution in [0.25, 0.3) is 0 Å². The Morgan fingerprint density at radius 2 is 1.52 bits per heavy atom. The van der Waals surface area contributed by atoms with Crippen LogP contribution in [0.3, 0.4) is 0 Å². The first-order valence-corrected chi connectivity index (χ1v) is 8.18. The summed E-state index contributed by atoms with van der Waals surface area (Å²) in [6.45, 7) is 2.81. The molecule has 0 bridgehead atoms. The molecule has 0 spiro atoms. The van der Waals surface area contributed by atoms with Gasteiger partial charge in [-0.2, -0.15) is 13.2 Å². The SMILES string of the molecule is CC(C)[C@H](NC(=O)CCC(=O)NC(=N)NC(=N)N(C)C)C(=O)OC(=O)C(F)(F)F. The third kappa shape index (κ3) is 10.1. The molecule has 0 aromatic heterocycles. The molecular formula is C15H23F3N6O5. The van der Waals surface area contributed by atoms with Gasteiger partial charge in [0.05, 0.1) is 0 Å². The highest BCUT2D eigenvalue weighted by atomic mass is 19.4. The summed E-state index contributed by atoms with van der Waals surface area (Å²) in [7, 11) is 3.07. The van der Waals surface area contributed by atoms with Crippen LogP contribution in [0.5, 0.6) is 0 Å². The monoisotopic (exact) mass is 424 g/mol. The second-order valence-electron chi connectivity index (χ2n) is 6.29. The Kier molecular flexibility index (Phi) is 9.76. The summed E-state index contributed by atoms with van der Waals surface area (Å²) in [5.41, 5.74) is 0. The molecule has 0 rings (SSSR count). The summed E-state index contributed by atoms with van der Waals surface area (Å²) < 4.78 is 40.2. The molecule has 5 N–H and O–H groups in total. The van der Waals surface area contributed by atoms with Gasteiger partial charge >= 0.3 is 18.1 Å². The van der Waals surface area contributed by atoms with Crippen LogP contribution in [0, 0.1) is 16.7 Å². The average Bonchev–Trinajstić information content (AvgIpc) is 2.56. The quantitative estimate of drug-likeness (QED) is 0.169. The second-order valence-corrected chi connectivity index (χ2v) is 6.29. The molecule has 29 heavy (non-hydrogen) atoms. The molecule has 0 aliphatic heterocycles. The number of nitrogens with one attached hydrogen (secondary N) is 5. The molecule has 0 fully saturated rings. The zero-order valence-electron chi connectivity index (χ0n) is 16.2. The van der Waals surface area contributed by atoms with E-state index >= 15 is 0 Å². The molecule has 0 aliphatic carbocycles. The van der Waals surface area contributed by atoms with Crippen molar-refractivity contribution in [2.45, 2.75) is 38.9 Å². The average molecular weight is 424 g/mol. The van der Waals surface area contributed by atoms with E-state index in [9.17, 15) is 32.3 Å². The second kappa shape index (κ2) is 11.0. The van der Waals surface area contributed by atoms with Gasteiger partial charge in [0.1, 0.15) is 6.04 Å². The lowest BCUT2D eigenvalue weighted by molar-refractivity contribution is -0.202. The molecule has 0 radical (unpaired) electrons. The minimum atomic E-state index is -5.36. The highest BCUT2D eigenvalue weighted by molar-refractivity contribution is 6.03. The maximum Gasteiger partial charge on any atom is 0.491 e. The smallest absolute Gasteiger partial charge is 0.385 e. The number of carbonyl (C=O) groups is 4. The van der Waals surface area contributed by atoms with Gasteiger partial charge in [0.2, 0.25) is 17.8 Å². The lowest BCUT2D eigenvalue weighted by Crippen LogP contribution is -2.48. The van der Waals surface area contributed by atoms with Crippen molar-refractivity contribution in [2.24, 2.45) is 5.92 Å². The first kappa shape index (κ1) is 25.8. The number of hydrogen-bond donors (Lipinski definition) is 5. The maximum absolute atomic E-state index is 12.2. The van der Waals surface area contributed by atoms with E-state index in [0.29, 0.717) is 0 Å². The van der Waals surface area contributed by atoms with Crippen LogP contribution < -0.4 is 16.0 Å². The fourth-order valence-corrected chi connectivity index (χ4v) is 1.65. The lowest BCUT2D eigenvalue weighted by atomic mass is 10.0. The molecule has 0 aromatic rings. The molecule has 164 valence electrons. The Morgan fingerprint density at radius 3 is 1.97 bits per heavy atom. The summed E-state index contributed by atoms with van der Waals surface area (Å²) in [5, 5.41) is 21.4. The van der Waals surface area contributed by atoms with Crippen molar-refractivity contribution in [3.63, 3.8) is 0 Å². The van der Waals surface area contributed by atoms with E-state index in [0.717, 1.165) is 0 Å². The van der Waals surface area contributed by atoms with Gasteiger partial charge in [0.25, 0.3) is 0 Å². The Hall–Kier alpha value is -3.19. The van der Waals surface area contributed by atoms with Crippen molar-refractivity contribution in [1.29, 1.82) is 10.8 Å². The molecule has 0 unspecified atom stereocenters. The van der Waals surface area contributed by atoms with E-state index in [-0.39, 0.29) is 5.96 Å². The molecule has 0 saturated heterocycles. The fourth-order valence-electron chi connectivity index (χ4n) is 1.65. The number of esters is 2. The third-order valence-electron chi connectivity index (χ3n) is 3.20. The van der Waals surface area contributed by atoms with Crippen LogP contribution in [-0.2, 0) is 23.9 Å². The van der Waals surface area contributed by atoms with Crippen molar-refractivity contribution >= 4 is 35.7 Å². The van der Waals surface area contributed by atoms with Crippen LogP contribution in [0.15, 0.2) is 0 Å². The maximum atomic E-state index is 12.2. The van der Waals surface area contributed by atoms with Crippen molar-refractivity contribution in [3.05, 3.63) is 0 Å². The zero-order valence-corrected chi connectivity index (χ0v) is 16.2. The summed E-state index contributed by atoms with van der Waals surface area (Å²) in [6.07, 6.45) is -6.22. The molecule has 0 saturated carbocycles. The Morgan fingerprint density at radius 1 is 1.00 bits per heavy atom. The van der Waals surface area contributed by atoms with Crippen LogP contribution in [0.1, 0.15) is 26.7 Å². The topological polar surface area (TPSA) is 165 Å². The number of amides is 2. The fraction of sp³-hybridized carbons (Fsp3) is 0.600. The van der Waals surface area contributed by atoms with E-state index in [1.54, 1.807) is 0 Å². The minimum absolute atomic E-state index is 0.167. The van der Waals surface area contributed by atoms with E-state index in [2.05, 4.69) is 20.7 Å². The van der Waals surface area contributed by atoms with Crippen molar-refractivity contribution in [1.82, 2.24) is 20.9 Å². The Labute approximate surface area is 164 Å². The number of ether oxygens (including phenoxy) is 1.